The second kappa shape index (κ2) is 7.59. The normalized spacial score (nSPS) is 18.4. The van der Waals surface area contributed by atoms with Crippen LogP contribution in [0.25, 0.3) is 0 Å². The van der Waals surface area contributed by atoms with Gasteiger partial charge in [0.05, 0.1) is 13.1 Å². The van der Waals surface area contributed by atoms with Crippen LogP contribution < -0.4 is 20.7 Å². The second-order valence-electron chi connectivity index (χ2n) is 6.72. The lowest BCUT2D eigenvalue weighted by atomic mass is 10.1. The lowest BCUT2D eigenvalue weighted by molar-refractivity contribution is -0.120. The summed E-state index contributed by atoms with van der Waals surface area (Å²) >= 11 is 0. The van der Waals surface area contributed by atoms with E-state index in [-0.39, 0.29) is 11.9 Å². The third-order valence-corrected chi connectivity index (χ3v) is 4.74. The number of hydrogen-bond acceptors (Lipinski definition) is 4. The number of amides is 5. The number of para-hydroxylation sites is 1. The highest BCUT2D eigenvalue weighted by Gasteiger charge is 2.29. The molecule has 0 bridgehead atoms. The SMILES string of the molecule is O=C1NC(=O)C(Cc2ccc(NC(=O)N3CCOc4ccccc4C3)cc2)N1. The second-order valence-corrected chi connectivity index (χ2v) is 6.72. The average Bonchev–Trinajstić information content (AvgIpc) is 2.89. The Morgan fingerprint density at radius 3 is 2.68 bits per heavy atom. The van der Waals surface area contributed by atoms with Crippen LogP contribution in [-0.2, 0) is 17.8 Å². The van der Waals surface area contributed by atoms with Gasteiger partial charge in [-0.1, -0.05) is 30.3 Å². The highest BCUT2D eigenvalue weighted by molar-refractivity contribution is 6.04. The molecule has 2 aliphatic heterocycles. The van der Waals surface area contributed by atoms with E-state index in [2.05, 4.69) is 16.0 Å². The fourth-order valence-electron chi connectivity index (χ4n) is 3.26. The number of nitrogens with one attached hydrogen (secondary N) is 3. The first-order valence-corrected chi connectivity index (χ1v) is 9.05. The molecular formula is C20H20N4O4. The van der Waals surface area contributed by atoms with Crippen molar-refractivity contribution in [2.45, 2.75) is 19.0 Å². The lowest BCUT2D eigenvalue weighted by Gasteiger charge is -2.20. The van der Waals surface area contributed by atoms with Gasteiger partial charge in [0.2, 0.25) is 0 Å². The summed E-state index contributed by atoms with van der Waals surface area (Å²) in [6.45, 7) is 1.42. The number of ether oxygens (including phenoxy) is 1. The first kappa shape index (κ1) is 17.8. The van der Waals surface area contributed by atoms with Crippen molar-refractivity contribution >= 4 is 23.7 Å². The summed E-state index contributed by atoms with van der Waals surface area (Å²) < 4.78 is 5.69. The van der Waals surface area contributed by atoms with Crippen LogP contribution in [0.5, 0.6) is 5.75 Å². The van der Waals surface area contributed by atoms with Crippen molar-refractivity contribution < 1.29 is 19.1 Å². The van der Waals surface area contributed by atoms with E-state index in [9.17, 15) is 14.4 Å². The van der Waals surface area contributed by atoms with Gasteiger partial charge in [0.25, 0.3) is 5.91 Å². The molecule has 2 aromatic rings. The highest BCUT2D eigenvalue weighted by Crippen LogP contribution is 2.23. The molecular weight excluding hydrogens is 360 g/mol. The Labute approximate surface area is 161 Å². The third kappa shape index (κ3) is 3.90. The Kier molecular flexibility index (Phi) is 4.84. The molecule has 0 spiro atoms. The number of hydrogen-bond donors (Lipinski definition) is 3. The van der Waals surface area contributed by atoms with E-state index in [1.54, 1.807) is 17.0 Å². The molecule has 2 aliphatic rings. The van der Waals surface area contributed by atoms with Gasteiger partial charge >= 0.3 is 12.1 Å². The van der Waals surface area contributed by atoms with E-state index in [1.807, 2.05) is 36.4 Å². The minimum atomic E-state index is -0.565. The van der Waals surface area contributed by atoms with Crippen molar-refractivity contribution in [2.24, 2.45) is 0 Å². The quantitative estimate of drug-likeness (QED) is 0.708. The fourth-order valence-corrected chi connectivity index (χ4v) is 3.26. The maximum absolute atomic E-state index is 12.6. The molecule has 0 saturated carbocycles. The molecule has 0 aromatic heterocycles. The van der Waals surface area contributed by atoms with Gasteiger partial charge in [-0.2, -0.15) is 0 Å². The molecule has 144 valence electrons. The zero-order valence-electron chi connectivity index (χ0n) is 15.1. The van der Waals surface area contributed by atoms with Crippen LogP contribution in [0, 0.1) is 0 Å². The van der Waals surface area contributed by atoms with Crippen molar-refractivity contribution in [3.63, 3.8) is 0 Å². The Balaban J connectivity index is 1.37. The van der Waals surface area contributed by atoms with Crippen molar-refractivity contribution in [1.29, 1.82) is 0 Å². The first-order valence-electron chi connectivity index (χ1n) is 9.05. The van der Waals surface area contributed by atoms with E-state index >= 15 is 0 Å². The summed E-state index contributed by atoms with van der Waals surface area (Å²) in [5, 5.41) is 7.67. The van der Waals surface area contributed by atoms with Crippen LogP contribution in [0.2, 0.25) is 0 Å². The molecule has 2 heterocycles. The smallest absolute Gasteiger partial charge is 0.322 e. The first-order chi connectivity index (χ1) is 13.6. The van der Waals surface area contributed by atoms with Gasteiger partial charge in [-0.25, -0.2) is 9.59 Å². The van der Waals surface area contributed by atoms with Crippen molar-refractivity contribution in [1.82, 2.24) is 15.5 Å². The number of carbonyl (C=O) groups excluding carboxylic acids is 3. The molecule has 1 saturated heterocycles. The molecule has 5 amide bonds. The molecule has 1 atom stereocenters. The maximum atomic E-state index is 12.6. The van der Waals surface area contributed by atoms with Crippen molar-refractivity contribution in [3.05, 3.63) is 59.7 Å². The van der Waals surface area contributed by atoms with Gasteiger partial charge in [0.1, 0.15) is 18.4 Å². The number of anilines is 1. The number of imide groups is 1. The summed E-state index contributed by atoms with van der Waals surface area (Å²) in [5.74, 6) is 0.483. The summed E-state index contributed by atoms with van der Waals surface area (Å²) in [4.78, 5) is 37.1. The number of rotatable bonds is 3. The summed E-state index contributed by atoms with van der Waals surface area (Å²) in [6, 6.07) is 13.7. The Hall–Kier alpha value is -3.55. The maximum Gasteiger partial charge on any atom is 0.322 e. The van der Waals surface area contributed by atoms with Gasteiger partial charge in [0, 0.05) is 17.7 Å². The molecule has 8 heteroatoms. The van der Waals surface area contributed by atoms with Gasteiger partial charge in [-0.3, -0.25) is 10.1 Å². The largest absolute Gasteiger partial charge is 0.491 e. The number of benzene rings is 2. The molecule has 0 aliphatic carbocycles. The summed E-state index contributed by atoms with van der Waals surface area (Å²) in [6.07, 6.45) is 0.395. The Bertz CT molecular complexity index is 913. The minimum absolute atomic E-state index is 0.199. The number of urea groups is 2. The summed E-state index contributed by atoms with van der Waals surface area (Å²) in [5.41, 5.74) is 2.52. The van der Waals surface area contributed by atoms with E-state index in [1.165, 1.54) is 0 Å². The van der Waals surface area contributed by atoms with Crippen LogP contribution in [-0.4, -0.2) is 42.1 Å². The molecule has 3 N–H and O–H groups in total. The molecule has 1 fully saturated rings. The van der Waals surface area contributed by atoms with Gasteiger partial charge in [0.15, 0.2) is 0 Å². The van der Waals surface area contributed by atoms with Crippen molar-refractivity contribution in [2.75, 3.05) is 18.5 Å². The predicted octanol–water partition coefficient (Wildman–Crippen LogP) is 1.86. The third-order valence-electron chi connectivity index (χ3n) is 4.74. The summed E-state index contributed by atoms with van der Waals surface area (Å²) in [7, 11) is 0. The average molecular weight is 380 g/mol. The monoisotopic (exact) mass is 380 g/mol. The molecule has 2 aromatic carbocycles. The number of nitrogens with zero attached hydrogens (tertiary/aromatic N) is 1. The van der Waals surface area contributed by atoms with Crippen LogP contribution in [0.4, 0.5) is 15.3 Å². The van der Waals surface area contributed by atoms with E-state index in [4.69, 9.17) is 4.74 Å². The topological polar surface area (TPSA) is 99.8 Å². The minimum Gasteiger partial charge on any atom is -0.491 e. The molecule has 1 unspecified atom stereocenters. The highest BCUT2D eigenvalue weighted by atomic mass is 16.5. The Morgan fingerprint density at radius 1 is 1.14 bits per heavy atom. The van der Waals surface area contributed by atoms with Gasteiger partial charge < -0.3 is 20.3 Å². The van der Waals surface area contributed by atoms with E-state index < -0.39 is 12.1 Å². The molecule has 0 radical (unpaired) electrons. The van der Waals surface area contributed by atoms with E-state index in [0.29, 0.717) is 31.8 Å². The standard InChI is InChI=1S/C20H20N4O4/c25-18-16(22-19(26)23-18)11-13-5-7-15(8-6-13)21-20(27)24-9-10-28-17-4-2-1-3-14(17)12-24/h1-8,16H,9-12H2,(H,21,27)(H2,22,23,25,26). The number of carbonyl (C=O) groups is 3. The Morgan fingerprint density at radius 2 is 1.93 bits per heavy atom. The predicted molar refractivity (Wildman–Crippen MR) is 102 cm³/mol. The molecule has 8 nitrogen and oxygen atoms in total. The zero-order chi connectivity index (χ0) is 19.5. The van der Waals surface area contributed by atoms with E-state index in [0.717, 1.165) is 16.9 Å². The zero-order valence-corrected chi connectivity index (χ0v) is 15.1. The van der Waals surface area contributed by atoms with Crippen LogP contribution in [0.1, 0.15) is 11.1 Å². The lowest BCUT2D eigenvalue weighted by Crippen LogP contribution is -2.36. The van der Waals surface area contributed by atoms with Gasteiger partial charge in [-0.15, -0.1) is 0 Å². The molecule has 28 heavy (non-hydrogen) atoms. The van der Waals surface area contributed by atoms with Crippen LogP contribution >= 0.6 is 0 Å². The van der Waals surface area contributed by atoms with Crippen LogP contribution in [0.3, 0.4) is 0 Å². The molecule has 4 rings (SSSR count). The fraction of sp³-hybridized carbons (Fsp3) is 0.250. The number of fused-ring (bicyclic) bond motifs is 1. The van der Waals surface area contributed by atoms with Crippen LogP contribution in [0.15, 0.2) is 48.5 Å². The van der Waals surface area contributed by atoms with Gasteiger partial charge in [-0.05, 0) is 23.8 Å². The van der Waals surface area contributed by atoms with Crippen molar-refractivity contribution in [3.8, 4) is 5.75 Å².